The Morgan fingerprint density at radius 3 is 0.918 bits per heavy atom. The van der Waals surface area contributed by atoms with E-state index in [1.165, 1.54) is 20.8 Å². The van der Waals surface area contributed by atoms with Crippen LogP contribution in [0.2, 0.25) is 0 Å². The van der Waals surface area contributed by atoms with Gasteiger partial charge < -0.3 is 162 Å². The maximum atomic E-state index is 14.0. The number of rotatable bonds is 65. The molecular formula is C79H141N11O32. The summed E-state index contributed by atoms with van der Waals surface area (Å²) in [4.78, 5) is 139. The molecule has 0 spiro atoms. The van der Waals surface area contributed by atoms with Gasteiger partial charge in [0.15, 0.2) is 18.9 Å². The first kappa shape index (κ1) is 108. The molecule has 122 heavy (non-hydrogen) atoms. The van der Waals surface area contributed by atoms with Crippen molar-refractivity contribution in [3.8, 4) is 0 Å². The van der Waals surface area contributed by atoms with Crippen molar-refractivity contribution in [3.05, 3.63) is 0 Å². The van der Waals surface area contributed by atoms with Crippen LogP contribution in [0.4, 0.5) is 0 Å². The highest BCUT2D eigenvalue weighted by atomic mass is 16.7. The van der Waals surface area contributed by atoms with Gasteiger partial charge >= 0.3 is 0 Å². The highest BCUT2D eigenvalue weighted by Gasteiger charge is 2.48. The lowest BCUT2D eigenvalue weighted by atomic mass is 9.97. The van der Waals surface area contributed by atoms with Crippen molar-refractivity contribution in [1.29, 1.82) is 0 Å². The topological polar surface area (TPSA) is 635 Å². The van der Waals surface area contributed by atoms with Crippen molar-refractivity contribution in [3.63, 3.8) is 0 Å². The lowest BCUT2D eigenvalue weighted by Gasteiger charge is -2.42. The van der Waals surface area contributed by atoms with Gasteiger partial charge in [-0.2, -0.15) is 0 Å². The summed E-state index contributed by atoms with van der Waals surface area (Å²) in [6, 6.07) is -3.30. The molecule has 4 aliphatic rings. The number of aliphatic hydroxyl groups is 11. The predicted molar refractivity (Wildman–Crippen MR) is 430 cm³/mol. The van der Waals surface area contributed by atoms with Gasteiger partial charge in [-0.3, -0.25) is 52.7 Å². The van der Waals surface area contributed by atoms with Crippen molar-refractivity contribution in [1.82, 2.24) is 58.5 Å². The van der Waals surface area contributed by atoms with Gasteiger partial charge in [-0.1, -0.05) is 38.5 Å². The van der Waals surface area contributed by atoms with Gasteiger partial charge in [0.25, 0.3) is 0 Å². The molecule has 0 bridgehead atoms. The monoisotopic (exact) mass is 1760 g/mol. The molecular weight excluding hydrogens is 1610 g/mol. The first-order chi connectivity index (χ1) is 58.5. The second kappa shape index (κ2) is 62.5. The number of hydrogen-bond acceptors (Lipinski definition) is 32. The lowest BCUT2D eigenvalue weighted by molar-refractivity contribution is -0.270. The Bertz CT molecular complexity index is 2790. The summed E-state index contributed by atoms with van der Waals surface area (Å²) in [5.41, 5.74) is -1.44. The summed E-state index contributed by atoms with van der Waals surface area (Å²) < 4.78 is 57.8. The van der Waals surface area contributed by atoms with Crippen molar-refractivity contribution in [2.45, 2.75) is 303 Å². The summed E-state index contributed by atoms with van der Waals surface area (Å²) in [6.07, 6.45) is -7.26. The van der Waals surface area contributed by atoms with Crippen LogP contribution in [-0.4, -0.2) is 369 Å². The minimum atomic E-state index is -1.47. The Hall–Kier alpha value is -6.67. The third-order valence-electron chi connectivity index (χ3n) is 20.5. The van der Waals surface area contributed by atoms with E-state index >= 15 is 0 Å². The van der Waals surface area contributed by atoms with Crippen LogP contribution < -0.4 is 58.5 Å². The molecule has 0 aromatic carbocycles. The van der Waals surface area contributed by atoms with Crippen LogP contribution in [0.3, 0.4) is 0 Å². The maximum absolute atomic E-state index is 14.0. The van der Waals surface area contributed by atoms with Crippen molar-refractivity contribution in [2.75, 3.05) is 132 Å². The third kappa shape index (κ3) is 43.5. The molecule has 15 unspecified atom stereocenters. The summed E-state index contributed by atoms with van der Waals surface area (Å²) in [5.74, 6) is -4.06. The molecule has 4 fully saturated rings. The zero-order valence-corrected chi connectivity index (χ0v) is 70.9. The van der Waals surface area contributed by atoms with Gasteiger partial charge in [0.05, 0.1) is 72.2 Å². The molecule has 0 saturated carbocycles. The van der Waals surface area contributed by atoms with E-state index < -0.39 is 153 Å². The van der Waals surface area contributed by atoms with E-state index in [0.29, 0.717) is 83.6 Å². The van der Waals surface area contributed by atoms with Gasteiger partial charge in [-0.05, 0) is 83.5 Å². The van der Waals surface area contributed by atoms with E-state index in [2.05, 4.69) is 58.5 Å². The minimum absolute atomic E-state index is 0.0709. The number of ether oxygens (including phenoxy) is 10. The zero-order valence-electron chi connectivity index (χ0n) is 70.9. The fourth-order valence-corrected chi connectivity index (χ4v) is 13.7. The average Bonchev–Trinajstić information content (AvgIpc) is 0.816. The molecule has 4 rings (SSSR count). The van der Waals surface area contributed by atoms with Crippen LogP contribution in [0.5, 0.6) is 0 Å². The lowest BCUT2D eigenvalue weighted by Crippen LogP contribution is -2.64. The van der Waals surface area contributed by atoms with E-state index in [1.54, 1.807) is 0 Å². The molecule has 11 amide bonds. The number of nitrogens with one attached hydrogen (secondary N) is 11. The maximum Gasteiger partial charge on any atom is 0.249 e. The molecule has 0 aromatic rings. The summed E-state index contributed by atoms with van der Waals surface area (Å²) in [7, 11) is 0. The zero-order chi connectivity index (χ0) is 89.6. The first-order valence-corrected chi connectivity index (χ1v) is 43.0. The van der Waals surface area contributed by atoms with Crippen LogP contribution in [-0.2, 0) is 100 Å². The Morgan fingerprint density at radius 2 is 0.598 bits per heavy atom. The van der Waals surface area contributed by atoms with Crippen molar-refractivity contribution >= 4 is 65.0 Å². The number of unbranched alkanes of at least 4 members (excludes halogenated alkanes) is 10. The van der Waals surface area contributed by atoms with Gasteiger partial charge in [-0.15, -0.1) is 0 Å². The SMILES string of the molecule is CC(=O)NC1C(OCCCCC(=O)NCCCNC(=O)CCOCC(COCCC(=O)NCCCNC(=O)CCCCOC2OC(CO)C(O)C(O)C2NC(C)=O)(COCCC(=O)NCCCNC(=O)CCCCOC2OC(CO)C(O)C(O)C2NC(C)=O)NC(=O)CCCCCCCCCCNC(=O)[C@H]2CC[C@H](O)[C@@H](CO)O2)OC(CO)C(O)C1O. The number of aliphatic hydroxyl groups excluding tert-OH is 11. The Kier molecular flexibility index (Phi) is 55.1. The van der Waals surface area contributed by atoms with E-state index in [-0.39, 0.29) is 198 Å². The highest BCUT2D eigenvalue weighted by Crippen LogP contribution is 2.27. The molecule has 704 valence electrons. The van der Waals surface area contributed by atoms with E-state index in [4.69, 9.17) is 47.4 Å². The van der Waals surface area contributed by atoms with Gasteiger partial charge in [0.2, 0.25) is 65.0 Å². The largest absolute Gasteiger partial charge is 0.394 e. The van der Waals surface area contributed by atoms with Crippen LogP contribution in [0, 0.1) is 0 Å². The summed E-state index contributed by atoms with van der Waals surface area (Å²) in [5, 5.41) is 141. The summed E-state index contributed by atoms with van der Waals surface area (Å²) >= 11 is 0. The van der Waals surface area contributed by atoms with Crippen LogP contribution in [0.25, 0.3) is 0 Å². The van der Waals surface area contributed by atoms with Crippen LogP contribution >= 0.6 is 0 Å². The third-order valence-corrected chi connectivity index (χ3v) is 20.5. The van der Waals surface area contributed by atoms with E-state index in [1.807, 2.05) is 0 Å². The molecule has 4 heterocycles. The van der Waals surface area contributed by atoms with Gasteiger partial charge in [0.1, 0.15) is 90.8 Å². The number of amides is 11. The summed E-state index contributed by atoms with van der Waals surface area (Å²) in [6.45, 7) is 2.29. The van der Waals surface area contributed by atoms with Gasteiger partial charge in [-0.25, -0.2) is 0 Å². The molecule has 22 N–H and O–H groups in total. The molecule has 43 heteroatoms. The van der Waals surface area contributed by atoms with Crippen molar-refractivity contribution < 1.29 is 156 Å². The second-order valence-electron chi connectivity index (χ2n) is 31.0. The number of carbonyl (C=O) groups excluding carboxylic acids is 11. The fourth-order valence-electron chi connectivity index (χ4n) is 13.7. The second-order valence-corrected chi connectivity index (χ2v) is 31.0. The van der Waals surface area contributed by atoms with Crippen molar-refractivity contribution in [2.24, 2.45) is 0 Å². The molecule has 18 atom stereocenters. The first-order valence-electron chi connectivity index (χ1n) is 43.0. The molecule has 4 aliphatic heterocycles. The minimum Gasteiger partial charge on any atom is -0.394 e. The number of hydrogen-bond donors (Lipinski definition) is 22. The smallest absolute Gasteiger partial charge is 0.249 e. The Morgan fingerprint density at radius 1 is 0.311 bits per heavy atom. The van der Waals surface area contributed by atoms with Crippen LogP contribution in [0.1, 0.15) is 188 Å². The van der Waals surface area contributed by atoms with Gasteiger partial charge in [0, 0.05) is 131 Å². The highest BCUT2D eigenvalue weighted by molar-refractivity contribution is 5.81. The number of carbonyl (C=O) groups is 11. The Labute approximate surface area is 712 Å². The molecule has 0 aromatic heterocycles. The van der Waals surface area contributed by atoms with E-state index in [9.17, 15) is 109 Å². The molecule has 4 saturated heterocycles. The predicted octanol–water partition coefficient (Wildman–Crippen LogP) is -6.15. The molecule has 0 aliphatic carbocycles. The van der Waals surface area contributed by atoms with Crippen LogP contribution in [0.15, 0.2) is 0 Å². The fraction of sp³-hybridized carbons (Fsp3) is 0.861. The normalized spacial score (nSPS) is 25.7. The van der Waals surface area contributed by atoms with E-state index in [0.717, 1.165) is 44.9 Å². The Balaban J connectivity index is 1.30. The molecule has 43 nitrogen and oxygen atoms in total. The average molecular weight is 1760 g/mol. The standard InChI is InChI=1S/C79H141N11O32/c1-50(95)87-66-72(109)69(106)56(44-92)120-76(66)116-37-15-11-21-59(99)80-31-18-34-83-62(102)27-40-113-47-79(90-65(105)24-10-8-6-4-5-7-9-14-30-86-75(112)54-26-25-53(98)55(43-91)119-54,48-114-41-28-63(103)84-35-19-32-81-60(100)22-12-16-38-117-77-67(88-51(2)96)73(110)70(107)57(45-93)121-77)49-115-42-29-64(104)85-36-20-33-82-61(101)23-13-17-39-118-78-68(89-52(3)97)74(111)71(108)58(46-94)122-78/h53-58,66-74,76-78,91-94,98,106-111H,4-49H2,1-3H3,(H,80,99)(H,81,100)(H,82,101)(H,83,102)(H,84,103)(H,85,104)(H,86,112)(H,87,95)(H,88,96)(H,89,97)(H,90,105)/t53-,54+,55+,56?,57?,58?,66?,67?,68?,69?,70?,71?,72?,73?,74?,76?,77?,78?,79?/m0/s1. The quantitative estimate of drug-likeness (QED) is 0.0252. The molecule has 0 radical (unpaired) electrons.